The van der Waals surface area contributed by atoms with Crippen LogP contribution in [0.2, 0.25) is 0 Å². The SMILES string of the molecule is COc1ccc(CN2CCc3c(nc(C)[nH]c3=O)C2)c(OC)c1OC. The highest BCUT2D eigenvalue weighted by atomic mass is 16.5. The van der Waals surface area contributed by atoms with E-state index in [1.807, 2.05) is 12.1 Å². The Kier molecular flexibility index (Phi) is 4.94. The van der Waals surface area contributed by atoms with Crippen LogP contribution in [0.15, 0.2) is 16.9 Å². The summed E-state index contributed by atoms with van der Waals surface area (Å²) < 4.78 is 16.3. The Morgan fingerprint density at radius 3 is 2.60 bits per heavy atom. The molecule has 1 aromatic carbocycles. The smallest absolute Gasteiger partial charge is 0.254 e. The van der Waals surface area contributed by atoms with Gasteiger partial charge in [-0.05, 0) is 19.4 Å². The zero-order chi connectivity index (χ0) is 18.0. The fourth-order valence-corrected chi connectivity index (χ4v) is 3.28. The normalized spacial score (nSPS) is 14.1. The largest absolute Gasteiger partial charge is 0.493 e. The molecular weight excluding hydrogens is 322 g/mol. The van der Waals surface area contributed by atoms with Gasteiger partial charge in [0.2, 0.25) is 5.75 Å². The molecule has 7 heteroatoms. The molecule has 3 rings (SSSR count). The zero-order valence-corrected chi connectivity index (χ0v) is 15.0. The molecule has 134 valence electrons. The number of aromatic nitrogens is 2. The summed E-state index contributed by atoms with van der Waals surface area (Å²) in [6.07, 6.45) is 0.688. The molecule has 0 spiro atoms. The number of fused-ring (bicyclic) bond motifs is 1. The number of hydrogen-bond donors (Lipinski definition) is 1. The van der Waals surface area contributed by atoms with Gasteiger partial charge in [0.25, 0.3) is 5.56 Å². The second kappa shape index (κ2) is 7.14. The number of methoxy groups -OCH3 is 3. The van der Waals surface area contributed by atoms with E-state index in [1.165, 1.54) is 0 Å². The topological polar surface area (TPSA) is 76.7 Å². The van der Waals surface area contributed by atoms with E-state index in [9.17, 15) is 4.79 Å². The highest BCUT2D eigenvalue weighted by Crippen LogP contribution is 2.40. The molecule has 0 unspecified atom stereocenters. The van der Waals surface area contributed by atoms with E-state index in [-0.39, 0.29) is 5.56 Å². The molecule has 7 nitrogen and oxygen atoms in total. The number of nitrogens with zero attached hydrogens (tertiary/aromatic N) is 2. The number of ether oxygens (including phenoxy) is 3. The van der Waals surface area contributed by atoms with Crippen molar-refractivity contribution >= 4 is 0 Å². The summed E-state index contributed by atoms with van der Waals surface area (Å²) in [4.78, 5) is 21.6. The molecule has 0 saturated carbocycles. The van der Waals surface area contributed by atoms with Crippen molar-refractivity contribution < 1.29 is 14.2 Å². The lowest BCUT2D eigenvalue weighted by atomic mass is 10.0. The molecule has 1 aromatic heterocycles. The van der Waals surface area contributed by atoms with Crippen molar-refractivity contribution in [2.75, 3.05) is 27.9 Å². The maximum atomic E-state index is 12.0. The Balaban J connectivity index is 1.87. The van der Waals surface area contributed by atoms with Crippen LogP contribution in [0.25, 0.3) is 0 Å². The van der Waals surface area contributed by atoms with Crippen LogP contribution < -0.4 is 19.8 Å². The molecular formula is C18H23N3O4. The highest BCUT2D eigenvalue weighted by Gasteiger charge is 2.23. The summed E-state index contributed by atoms with van der Waals surface area (Å²) >= 11 is 0. The Bertz CT molecular complexity index is 832. The van der Waals surface area contributed by atoms with Gasteiger partial charge in [0.05, 0.1) is 27.0 Å². The molecule has 0 atom stereocenters. The van der Waals surface area contributed by atoms with E-state index in [1.54, 1.807) is 28.3 Å². The quantitative estimate of drug-likeness (QED) is 0.888. The van der Waals surface area contributed by atoms with Crippen LogP contribution >= 0.6 is 0 Å². The van der Waals surface area contributed by atoms with E-state index in [2.05, 4.69) is 14.9 Å². The fourth-order valence-electron chi connectivity index (χ4n) is 3.28. The molecule has 0 bridgehead atoms. The van der Waals surface area contributed by atoms with E-state index >= 15 is 0 Å². The minimum absolute atomic E-state index is 0.0224. The first-order valence-electron chi connectivity index (χ1n) is 8.16. The predicted octanol–water partition coefficient (Wildman–Crippen LogP) is 1.66. The zero-order valence-electron chi connectivity index (χ0n) is 15.0. The van der Waals surface area contributed by atoms with Crippen LogP contribution in [0.1, 0.15) is 22.6 Å². The second-order valence-corrected chi connectivity index (χ2v) is 6.03. The first-order chi connectivity index (χ1) is 12.1. The first-order valence-corrected chi connectivity index (χ1v) is 8.16. The van der Waals surface area contributed by atoms with Gasteiger partial charge in [-0.1, -0.05) is 6.07 Å². The minimum Gasteiger partial charge on any atom is -0.493 e. The van der Waals surface area contributed by atoms with Gasteiger partial charge in [-0.2, -0.15) is 0 Å². The molecule has 1 aliphatic heterocycles. The molecule has 0 aliphatic carbocycles. The van der Waals surface area contributed by atoms with Crippen LogP contribution in [-0.4, -0.2) is 42.7 Å². The van der Waals surface area contributed by atoms with Crippen molar-refractivity contribution in [3.63, 3.8) is 0 Å². The first kappa shape index (κ1) is 17.3. The van der Waals surface area contributed by atoms with Gasteiger partial charge in [0, 0.05) is 30.8 Å². The van der Waals surface area contributed by atoms with E-state index in [0.29, 0.717) is 42.6 Å². The third-order valence-corrected chi connectivity index (χ3v) is 4.45. The number of hydrogen-bond acceptors (Lipinski definition) is 6. The Morgan fingerprint density at radius 1 is 1.16 bits per heavy atom. The van der Waals surface area contributed by atoms with E-state index < -0.39 is 0 Å². The van der Waals surface area contributed by atoms with Crippen LogP contribution in [0.3, 0.4) is 0 Å². The van der Waals surface area contributed by atoms with Crippen LogP contribution in [0, 0.1) is 6.92 Å². The predicted molar refractivity (Wildman–Crippen MR) is 93.5 cm³/mol. The van der Waals surface area contributed by atoms with Crippen molar-refractivity contribution in [3.05, 3.63) is 45.1 Å². The van der Waals surface area contributed by atoms with Crippen molar-refractivity contribution in [1.82, 2.24) is 14.9 Å². The Labute approximate surface area is 146 Å². The molecule has 0 radical (unpaired) electrons. The summed E-state index contributed by atoms with van der Waals surface area (Å²) in [5, 5.41) is 0. The summed E-state index contributed by atoms with van der Waals surface area (Å²) in [5.74, 6) is 2.54. The maximum absolute atomic E-state index is 12.0. The third kappa shape index (κ3) is 3.32. The number of aryl methyl sites for hydroxylation is 1. The number of rotatable bonds is 5. The van der Waals surface area contributed by atoms with Gasteiger partial charge in [-0.15, -0.1) is 0 Å². The van der Waals surface area contributed by atoms with E-state index in [4.69, 9.17) is 14.2 Å². The number of benzene rings is 1. The van der Waals surface area contributed by atoms with Crippen molar-refractivity contribution in [1.29, 1.82) is 0 Å². The van der Waals surface area contributed by atoms with Crippen LogP contribution in [0.5, 0.6) is 17.2 Å². The summed E-state index contributed by atoms with van der Waals surface area (Å²) in [6.45, 7) is 3.91. The summed E-state index contributed by atoms with van der Waals surface area (Å²) in [6, 6.07) is 3.86. The molecule has 2 heterocycles. The van der Waals surface area contributed by atoms with Crippen molar-refractivity contribution in [2.45, 2.75) is 26.4 Å². The molecule has 1 N–H and O–H groups in total. The second-order valence-electron chi connectivity index (χ2n) is 6.03. The average molecular weight is 345 g/mol. The Morgan fingerprint density at radius 2 is 1.92 bits per heavy atom. The number of nitrogens with one attached hydrogen (secondary N) is 1. The van der Waals surface area contributed by atoms with Crippen molar-refractivity contribution in [2.24, 2.45) is 0 Å². The molecule has 0 amide bonds. The lowest BCUT2D eigenvalue weighted by molar-refractivity contribution is 0.234. The standard InChI is InChI=1S/C18H23N3O4/c1-11-19-14-10-21(8-7-13(14)18(22)20-11)9-12-5-6-15(23-2)17(25-4)16(12)24-3/h5-6H,7-10H2,1-4H3,(H,19,20,22). The monoisotopic (exact) mass is 345 g/mol. The van der Waals surface area contributed by atoms with Crippen LogP contribution in [0.4, 0.5) is 0 Å². The van der Waals surface area contributed by atoms with Gasteiger partial charge in [0.1, 0.15) is 5.82 Å². The lowest BCUT2D eigenvalue weighted by Crippen LogP contribution is -2.35. The van der Waals surface area contributed by atoms with Gasteiger partial charge in [-0.25, -0.2) is 4.98 Å². The molecule has 2 aromatic rings. The summed E-state index contributed by atoms with van der Waals surface area (Å²) in [5.41, 5.74) is 2.63. The summed E-state index contributed by atoms with van der Waals surface area (Å²) in [7, 11) is 4.82. The molecule has 0 saturated heterocycles. The van der Waals surface area contributed by atoms with Gasteiger partial charge >= 0.3 is 0 Å². The fraction of sp³-hybridized carbons (Fsp3) is 0.444. The maximum Gasteiger partial charge on any atom is 0.254 e. The van der Waals surface area contributed by atoms with Crippen molar-refractivity contribution in [3.8, 4) is 17.2 Å². The molecule has 1 aliphatic rings. The number of H-pyrrole nitrogens is 1. The lowest BCUT2D eigenvalue weighted by Gasteiger charge is -2.28. The third-order valence-electron chi connectivity index (χ3n) is 4.45. The molecule has 25 heavy (non-hydrogen) atoms. The van der Waals surface area contributed by atoms with Gasteiger partial charge < -0.3 is 19.2 Å². The minimum atomic E-state index is -0.0224. The highest BCUT2D eigenvalue weighted by molar-refractivity contribution is 5.55. The van der Waals surface area contributed by atoms with Gasteiger partial charge in [-0.3, -0.25) is 9.69 Å². The Hall–Kier alpha value is -2.54. The van der Waals surface area contributed by atoms with Crippen LogP contribution in [-0.2, 0) is 19.5 Å². The molecule has 0 fully saturated rings. The van der Waals surface area contributed by atoms with Gasteiger partial charge in [0.15, 0.2) is 11.5 Å². The van der Waals surface area contributed by atoms with E-state index in [0.717, 1.165) is 23.4 Å². The average Bonchev–Trinajstić information content (AvgIpc) is 2.60. The number of aromatic amines is 1.